The molecule has 0 bridgehead atoms. The zero-order valence-electron chi connectivity index (χ0n) is 13.2. The van der Waals surface area contributed by atoms with Crippen molar-refractivity contribution in [2.24, 2.45) is 5.73 Å². The normalized spacial score (nSPS) is 26.8. The summed E-state index contributed by atoms with van der Waals surface area (Å²) in [4.78, 5) is 4.72. The monoisotopic (exact) mass is 271 g/mol. The summed E-state index contributed by atoms with van der Waals surface area (Å²) < 4.78 is 0. The van der Waals surface area contributed by atoms with E-state index in [1.54, 1.807) is 0 Å². The van der Waals surface area contributed by atoms with Gasteiger partial charge in [-0.25, -0.2) is 0 Å². The van der Waals surface area contributed by atoms with Crippen molar-refractivity contribution in [1.82, 2.24) is 9.80 Å². The van der Waals surface area contributed by atoms with Gasteiger partial charge in [0.05, 0.1) is 6.10 Å². The number of hydrogen-bond acceptors (Lipinski definition) is 4. The minimum atomic E-state index is -0.0441. The molecule has 4 nitrogen and oxygen atoms in total. The summed E-state index contributed by atoms with van der Waals surface area (Å²) in [6.45, 7) is 12.9. The maximum Gasteiger partial charge on any atom is 0.0794 e. The van der Waals surface area contributed by atoms with E-state index in [0.29, 0.717) is 18.1 Å². The van der Waals surface area contributed by atoms with Crippen molar-refractivity contribution in [2.75, 3.05) is 26.2 Å². The molecule has 2 aliphatic rings. The van der Waals surface area contributed by atoms with Crippen LogP contribution in [0.1, 0.15) is 47.0 Å². The van der Waals surface area contributed by atoms with Crippen LogP contribution in [-0.2, 0) is 0 Å². The van der Waals surface area contributed by atoms with Gasteiger partial charge in [0, 0.05) is 37.8 Å². The molecule has 114 valence electrons. The van der Waals surface area contributed by atoms with E-state index < -0.39 is 0 Å². The average molecular weight is 271 g/mol. The Morgan fingerprint density at radius 3 is 1.95 bits per heavy atom. The van der Waals surface area contributed by atoms with Gasteiger partial charge in [0.15, 0.2) is 0 Å². The van der Waals surface area contributed by atoms with Crippen LogP contribution in [0.5, 0.6) is 0 Å². The molecule has 2 rings (SSSR count). The molecule has 1 atom stereocenters. The number of aliphatic hydroxyl groups excluding tert-OH is 1. The average Bonchev–Trinajstić information content (AvgIpc) is 2.50. The SMILES string of the molecule is CC(C)N1CC(O)C1.CC(C)N1CCCC[C@@H](N)C1. The zero-order valence-corrected chi connectivity index (χ0v) is 13.2. The molecule has 0 aromatic heterocycles. The van der Waals surface area contributed by atoms with Gasteiger partial charge in [0.2, 0.25) is 0 Å². The first-order valence-electron chi connectivity index (χ1n) is 7.82. The van der Waals surface area contributed by atoms with Gasteiger partial charge in [-0.05, 0) is 47.1 Å². The Morgan fingerprint density at radius 1 is 0.947 bits per heavy atom. The van der Waals surface area contributed by atoms with Crippen LogP contribution >= 0.6 is 0 Å². The Bertz CT molecular complexity index is 240. The second-order valence-corrected chi connectivity index (χ2v) is 6.55. The van der Waals surface area contributed by atoms with Gasteiger partial charge in [0.1, 0.15) is 0 Å². The van der Waals surface area contributed by atoms with E-state index in [9.17, 15) is 0 Å². The molecule has 19 heavy (non-hydrogen) atoms. The molecule has 4 heteroatoms. The summed E-state index contributed by atoms with van der Waals surface area (Å²) >= 11 is 0. The van der Waals surface area contributed by atoms with E-state index in [1.165, 1.54) is 25.8 Å². The zero-order chi connectivity index (χ0) is 14.4. The van der Waals surface area contributed by atoms with Crippen molar-refractivity contribution >= 4 is 0 Å². The molecular weight excluding hydrogens is 238 g/mol. The van der Waals surface area contributed by atoms with Crippen molar-refractivity contribution < 1.29 is 5.11 Å². The number of nitrogens with zero attached hydrogens (tertiary/aromatic N) is 2. The van der Waals surface area contributed by atoms with Crippen molar-refractivity contribution in [2.45, 2.75) is 71.2 Å². The fraction of sp³-hybridized carbons (Fsp3) is 1.00. The van der Waals surface area contributed by atoms with Crippen LogP contribution < -0.4 is 5.73 Å². The Labute approximate surface area is 118 Å². The first-order chi connectivity index (χ1) is 8.90. The summed E-state index contributed by atoms with van der Waals surface area (Å²) in [5.74, 6) is 0. The van der Waals surface area contributed by atoms with Gasteiger partial charge >= 0.3 is 0 Å². The molecule has 0 amide bonds. The molecular formula is C15H33N3O. The van der Waals surface area contributed by atoms with Crippen LogP contribution in [0.2, 0.25) is 0 Å². The molecule has 2 heterocycles. The van der Waals surface area contributed by atoms with E-state index in [-0.39, 0.29) is 6.10 Å². The lowest BCUT2D eigenvalue weighted by molar-refractivity contribution is -0.0161. The lowest BCUT2D eigenvalue weighted by atomic mass is 10.1. The second-order valence-electron chi connectivity index (χ2n) is 6.55. The van der Waals surface area contributed by atoms with Crippen LogP contribution in [0, 0.1) is 0 Å². The summed E-state index contributed by atoms with van der Waals surface area (Å²) in [7, 11) is 0. The predicted molar refractivity (Wildman–Crippen MR) is 81.3 cm³/mol. The quantitative estimate of drug-likeness (QED) is 0.794. The van der Waals surface area contributed by atoms with Gasteiger partial charge in [-0.3, -0.25) is 9.80 Å². The third-order valence-electron chi connectivity index (χ3n) is 4.09. The maximum absolute atomic E-state index is 8.83. The number of likely N-dealkylation sites (tertiary alicyclic amines) is 2. The number of nitrogens with two attached hydrogens (primary N) is 1. The predicted octanol–water partition coefficient (Wildman–Crippen LogP) is 1.28. The van der Waals surface area contributed by atoms with Gasteiger partial charge < -0.3 is 10.8 Å². The third-order valence-corrected chi connectivity index (χ3v) is 4.09. The summed E-state index contributed by atoms with van der Waals surface area (Å²) in [6, 6.07) is 1.69. The highest BCUT2D eigenvalue weighted by Gasteiger charge is 2.25. The highest BCUT2D eigenvalue weighted by molar-refractivity contribution is 4.80. The molecule has 2 fully saturated rings. The van der Waals surface area contributed by atoms with E-state index in [0.717, 1.165) is 19.6 Å². The minimum absolute atomic E-state index is 0.0441. The Hall–Kier alpha value is -0.160. The van der Waals surface area contributed by atoms with Crippen molar-refractivity contribution in [3.05, 3.63) is 0 Å². The molecule has 0 aromatic rings. The standard InChI is InChI=1S/C9H20N2.C6H13NO/c1-8(2)11-6-4-3-5-9(10)7-11;1-5(2)7-3-6(8)4-7/h8-9H,3-7,10H2,1-2H3;5-6,8H,3-4H2,1-2H3/t9-;/m1./s1. The molecule has 0 radical (unpaired) electrons. The molecule has 0 saturated carbocycles. The first kappa shape index (κ1) is 16.9. The first-order valence-corrected chi connectivity index (χ1v) is 7.82. The Morgan fingerprint density at radius 2 is 1.53 bits per heavy atom. The van der Waals surface area contributed by atoms with Gasteiger partial charge in [-0.1, -0.05) is 6.42 Å². The highest BCUT2D eigenvalue weighted by Crippen LogP contribution is 2.11. The minimum Gasteiger partial charge on any atom is -0.390 e. The largest absolute Gasteiger partial charge is 0.390 e. The molecule has 0 aliphatic carbocycles. The number of aliphatic hydroxyl groups is 1. The van der Waals surface area contributed by atoms with Gasteiger partial charge in [-0.15, -0.1) is 0 Å². The molecule has 2 saturated heterocycles. The lowest BCUT2D eigenvalue weighted by Gasteiger charge is -2.38. The van der Waals surface area contributed by atoms with Crippen molar-refractivity contribution in [3.8, 4) is 0 Å². The van der Waals surface area contributed by atoms with Crippen LogP contribution in [0.4, 0.5) is 0 Å². The lowest BCUT2D eigenvalue weighted by Crippen LogP contribution is -2.53. The van der Waals surface area contributed by atoms with Crippen molar-refractivity contribution in [3.63, 3.8) is 0 Å². The van der Waals surface area contributed by atoms with Crippen LogP contribution in [0.25, 0.3) is 0 Å². The highest BCUT2D eigenvalue weighted by atomic mass is 16.3. The molecule has 0 unspecified atom stereocenters. The summed E-state index contributed by atoms with van der Waals surface area (Å²) in [5.41, 5.74) is 5.92. The molecule has 0 spiro atoms. The van der Waals surface area contributed by atoms with Gasteiger partial charge in [-0.2, -0.15) is 0 Å². The van der Waals surface area contributed by atoms with Crippen LogP contribution in [0.3, 0.4) is 0 Å². The summed E-state index contributed by atoms with van der Waals surface area (Å²) in [6.07, 6.45) is 3.80. The molecule has 0 aromatic carbocycles. The van der Waals surface area contributed by atoms with Crippen LogP contribution in [-0.4, -0.2) is 65.3 Å². The third kappa shape index (κ3) is 6.21. The van der Waals surface area contributed by atoms with Gasteiger partial charge in [0.25, 0.3) is 0 Å². The Kier molecular flexibility index (Phi) is 7.29. The maximum atomic E-state index is 8.83. The van der Waals surface area contributed by atoms with E-state index in [1.807, 2.05) is 0 Å². The summed E-state index contributed by atoms with van der Waals surface area (Å²) in [5, 5.41) is 8.83. The smallest absolute Gasteiger partial charge is 0.0794 e. The van der Waals surface area contributed by atoms with E-state index in [2.05, 4.69) is 37.5 Å². The fourth-order valence-electron chi connectivity index (χ4n) is 2.58. The number of rotatable bonds is 2. The van der Waals surface area contributed by atoms with E-state index in [4.69, 9.17) is 10.8 Å². The van der Waals surface area contributed by atoms with Crippen LogP contribution in [0.15, 0.2) is 0 Å². The molecule has 2 aliphatic heterocycles. The topological polar surface area (TPSA) is 52.7 Å². The fourth-order valence-corrected chi connectivity index (χ4v) is 2.58. The number of hydrogen-bond donors (Lipinski definition) is 2. The Balaban J connectivity index is 0.000000200. The second kappa shape index (κ2) is 8.20. The number of β-amino-alcohol motifs (C(OH)–C–C–N with tert-alkyl or cyclic N) is 1. The van der Waals surface area contributed by atoms with E-state index >= 15 is 0 Å². The van der Waals surface area contributed by atoms with Crippen molar-refractivity contribution in [1.29, 1.82) is 0 Å². The molecule has 3 N–H and O–H groups in total.